The number of aromatic amines is 1. The molecule has 0 aromatic carbocycles. The maximum absolute atomic E-state index is 10.7. The average Bonchev–Trinajstić information content (AvgIpc) is 3.27. The summed E-state index contributed by atoms with van der Waals surface area (Å²) in [5.74, 6) is 0. The van der Waals surface area contributed by atoms with Crippen LogP contribution in [0.1, 0.15) is 26.7 Å². The second-order valence-electron chi connectivity index (χ2n) is 5.47. The van der Waals surface area contributed by atoms with Crippen LogP contribution in [-0.2, 0) is 33.3 Å². The van der Waals surface area contributed by atoms with Crippen molar-refractivity contribution in [2.24, 2.45) is 0 Å². The van der Waals surface area contributed by atoms with Crippen molar-refractivity contribution in [3.05, 3.63) is 37.4 Å². The van der Waals surface area contributed by atoms with Crippen molar-refractivity contribution < 1.29 is 62.3 Å². The first-order valence-corrected chi connectivity index (χ1v) is 11.2. The highest BCUT2D eigenvalue weighted by Gasteiger charge is 2.44. The molecule has 19 heteroatoms. The second kappa shape index (κ2) is 15.6. The van der Waals surface area contributed by atoms with Crippen molar-refractivity contribution in [3.63, 3.8) is 0 Å². The highest BCUT2D eigenvalue weighted by Crippen LogP contribution is 2.21. The molecule has 0 aliphatic heterocycles. The number of aryl methyl sites for hydroxylation is 2. The summed E-state index contributed by atoms with van der Waals surface area (Å²) in [6.45, 7) is 6.52. The Morgan fingerprint density at radius 3 is 1.79 bits per heavy atom. The van der Waals surface area contributed by atoms with E-state index >= 15 is 0 Å². The summed E-state index contributed by atoms with van der Waals surface area (Å²) < 4.78 is 121. The third-order valence-corrected chi connectivity index (χ3v) is 3.85. The van der Waals surface area contributed by atoms with Gasteiger partial charge < -0.3 is 14.6 Å². The molecule has 0 unspecified atom stereocenters. The Hall–Kier alpha value is -2.22. The normalized spacial score (nSPS) is 11.5. The number of hydrogen-bond acceptors (Lipinski definition) is 6. The number of H-pyrrole nitrogens is 1. The predicted octanol–water partition coefficient (Wildman–Crippen LogP) is 1.63. The van der Waals surface area contributed by atoms with Crippen LogP contribution in [0.2, 0.25) is 0 Å². The Balaban J connectivity index is -0.000000360. The van der Waals surface area contributed by atoms with Gasteiger partial charge in [0.1, 0.15) is 12.4 Å². The fraction of sp³-hybridized carbons (Fsp3) is 0.571. The molecule has 0 radical (unpaired) electrons. The van der Waals surface area contributed by atoms with Crippen LogP contribution in [0, 0.1) is 0 Å². The van der Waals surface area contributed by atoms with Gasteiger partial charge in [-0.15, -0.1) is 0 Å². The Bertz CT molecular complexity index is 852. The third kappa shape index (κ3) is 18.0. The molecule has 0 saturated heterocycles. The second-order valence-corrected chi connectivity index (χ2v) is 8.25. The Morgan fingerprint density at radius 1 is 1.06 bits per heavy atom. The summed E-state index contributed by atoms with van der Waals surface area (Å²) in [5.41, 5.74) is -11.2. The predicted molar refractivity (Wildman–Crippen MR) is 101 cm³/mol. The molecule has 0 saturated carbocycles. The van der Waals surface area contributed by atoms with Gasteiger partial charge in [0, 0.05) is 18.9 Å². The molecule has 11 nitrogen and oxygen atoms in total. The maximum Gasteiger partial charge on any atom is 0.522 e. The zero-order valence-corrected chi connectivity index (χ0v) is 18.8. The molecule has 2 heterocycles. The monoisotopic (exact) mass is 538 g/mol. The first-order valence-electron chi connectivity index (χ1n) is 8.40. The van der Waals surface area contributed by atoms with Crippen LogP contribution < -0.4 is 4.57 Å². The lowest BCUT2D eigenvalue weighted by atomic mass is 10.5. The molecular weight excluding hydrogens is 514 g/mol. The number of rotatable bonds is 4. The first kappa shape index (κ1) is 35.4. The van der Waals surface area contributed by atoms with Gasteiger partial charge in [0.25, 0.3) is 0 Å². The number of hydrogen-bond donors (Lipinski definition) is 2. The molecule has 0 amide bonds. The number of nitrogens with one attached hydrogen (secondary N) is 1. The van der Waals surface area contributed by atoms with Gasteiger partial charge >= 0.3 is 21.1 Å². The summed E-state index contributed by atoms with van der Waals surface area (Å²) in [4.78, 5) is 6.88. The average molecular weight is 538 g/mol. The molecule has 0 fully saturated rings. The largest absolute Gasteiger partial charge is 0.741 e. The van der Waals surface area contributed by atoms with Crippen LogP contribution >= 0.6 is 0 Å². The number of imidazole rings is 2. The number of halogens is 6. The number of nitrogens with zero attached hydrogens (tertiary/aromatic N) is 3. The lowest BCUT2D eigenvalue weighted by Gasteiger charge is -2.08. The van der Waals surface area contributed by atoms with E-state index in [1.165, 1.54) is 12.8 Å². The highest BCUT2D eigenvalue weighted by molar-refractivity contribution is 7.86. The molecule has 0 aliphatic rings. The molecule has 196 valence electrons. The SMILES string of the molecule is CCC[n+]1cc[nH]c1.CCCn1ccnc1.O.O=S(=O)(O)C(F)(F)F.O=S(=O)([O-])C(F)(F)F. The van der Waals surface area contributed by atoms with Crippen LogP contribution in [0.4, 0.5) is 26.3 Å². The van der Waals surface area contributed by atoms with Gasteiger partial charge in [-0.3, -0.25) is 9.54 Å². The van der Waals surface area contributed by atoms with Gasteiger partial charge in [-0.05, 0) is 12.8 Å². The fourth-order valence-electron chi connectivity index (χ4n) is 1.40. The van der Waals surface area contributed by atoms with Crippen molar-refractivity contribution in [3.8, 4) is 0 Å². The molecule has 4 N–H and O–H groups in total. The van der Waals surface area contributed by atoms with Crippen molar-refractivity contribution in [2.45, 2.75) is 50.8 Å². The van der Waals surface area contributed by atoms with Crippen LogP contribution in [0.5, 0.6) is 0 Å². The topological polar surface area (TPSA) is 181 Å². The van der Waals surface area contributed by atoms with Crippen LogP contribution in [0.15, 0.2) is 37.4 Å². The number of aromatic nitrogens is 4. The van der Waals surface area contributed by atoms with E-state index in [1.54, 1.807) is 6.20 Å². The molecule has 2 aromatic heterocycles. The molecular formula is C14H24F6N4O7S2. The van der Waals surface area contributed by atoms with Crippen molar-refractivity contribution in [1.82, 2.24) is 14.5 Å². The van der Waals surface area contributed by atoms with Crippen LogP contribution in [0.25, 0.3) is 0 Å². The summed E-state index contributed by atoms with van der Waals surface area (Å²) in [7, 11) is -11.9. The number of alkyl halides is 6. The molecule has 2 rings (SSSR count). The quantitative estimate of drug-likeness (QED) is 0.257. The van der Waals surface area contributed by atoms with Gasteiger partial charge in [-0.1, -0.05) is 13.8 Å². The van der Waals surface area contributed by atoms with Crippen molar-refractivity contribution in [2.75, 3.05) is 0 Å². The summed E-state index contributed by atoms with van der Waals surface area (Å²) in [5, 5.41) is 0. The molecule has 0 aliphatic carbocycles. The molecule has 33 heavy (non-hydrogen) atoms. The van der Waals surface area contributed by atoms with Crippen LogP contribution in [0.3, 0.4) is 0 Å². The lowest BCUT2D eigenvalue weighted by molar-refractivity contribution is -0.695. The minimum Gasteiger partial charge on any atom is -0.741 e. The molecule has 0 spiro atoms. The Morgan fingerprint density at radius 2 is 1.55 bits per heavy atom. The van der Waals surface area contributed by atoms with Gasteiger partial charge in [-0.2, -0.15) is 34.8 Å². The van der Waals surface area contributed by atoms with Gasteiger partial charge in [0.2, 0.25) is 6.33 Å². The highest BCUT2D eigenvalue weighted by atomic mass is 32.2. The van der Waals surface area contributed by atoms with E-state index in [-0.39, 0.29) is 5.48 Å². The fourth-order valence-corrected chi connectivity index (χ4v) is 1.40. The Labute approximate surface area is 185 Å². The van der Waals surface area contributed by atoms with Crippen LogP contribution in [-0.4, -0.2) is 57.0 Å². The maximum atomic E-state index is 10.7. The minimum absolute atomic E-state index is 0. The summed E-state index contributed by atoms with van der Waals surface area (Å²) in [6.07, 6.45) is 13.9. The van der Waals surface area contributed by atoms with E-state index in [4.69, 9.17) is 25.9 Å². The minimum atomic E-state index is -6.09. The van der Waals surface area contributed by atoms with Gasteiger partial charge in [-0.25, -0.2) is 18.0 Å². The zero-order chi connectivity index (χ0) is 25.6. The summed E-state index contributed by atoms with van der Waals surface area (Å²) in [6, 6.07) is 0. The third-order valence-electron chi connectivity index (χ3n) is 2.70. The lowest BCUT2D eigenvalue weighted by Crippen LogP contribution is -2.29. The smallest absolute Gasteiger partial charge is 0.522 e. The molecule has 0 atom stereocenters. The van der Waals surface area contributed by atoms with E-state index in [0.29, 0.717) is 0 Å². The van der Waals surface area contributed by atoms with E-state index in [9.17, 15) is 26.3 Å². The zero-order valence-electron chi connectivity index (χ0n) is 17.2. The van der Waals surface area contributed by atoms with E-state index in [2.05, 4.69) is 32.9 Å². The van der Waals surface area contributed by atoms with Gasteiger partial charge in [0.05, 0.1) is 12.9 Å². The first-order chi connectivity index (χ1) is 14.4. The molecule has 2 aromatic rings. The summed E-state index contributed by atoms with van der Waals surface area (Å²) >= 11 is 0. The van der Waals surface area contributed by atoms with Crippen molar-refractivity contribution in [1.29, 1.82) is 0 Å². The van der Waals surface area contributed by atoms with Crippen molar-refractivity contribution >= 4 is 20.2 Å². The van der Waals surface area contributed by atoms with E-state index in [0.717, 1.165) is 13.1 Å². The van der Waals surface area contributed by atoms with Gasteiger partial charge in [0.15, 0.2) is 10.1 Å². The molecule has 0 bridgehead atoms. The van der Waals surface area contributed by atoms with E-state index < -0.39 is 31.3 Å². The van der Waals surface area contributed by atoms with E-state index in [1.807, 2.05) is 31.2 Å². The standard InChI is InChI=1S/2C6H10N2.2CHF3O3S.H2O/c2*1-2-4-8-5-3-7-6-8;2*2-1(3,4)8(5,6)7;/h2*3,5-6H,2,4H2,1H3;2*(H,5,6,7);1H2. The Kier molecular flexibility index (Phi) is 16.7.